The van der Waals surface area contributed by atoms with Crippen molar-refractivity contribution < 1.29 is 19.0 Å². The molecule has 0 aliphatic heterocycles. The summed E-state index contributed by atoms with van der Waals surface area (Å²) in [6.45, 7) is 1.56. The van der Waals surface area contributed by atoms with Crippen LogP contribution in [0.25, 0.3) is 0 Å². The SMILES string of the molecule is COC(=O)CC(O)c1cccc(F)c1C. The Hall–Kier alpha value is -1.42. The van der Waals surface area contributed by atoms with Crippen LogP contribution in [-0.4, -0.2) is 18.2 Å². The van der Waals surface area contributed by atoms with Gasteiger partial charge in [-0.05, 0) is 24.1 Å². The van der Waals surface area contributed by atoms with Crippen molar-refractivity contribution in [2.45, 2.75) is 19.4 Å². The molecule has 0 saturated carbocycles. The maximum Gasteiger partial charge on any atom is 0.308 e. The van der Waals surface area contributed by atoms with Gasteiger partial charge in [0.2, 0.25) is 0 Å². The molecule has 0 aromatic heterocycles. The molecule has 0 aliphatic rings. The molecule has 1 rings (SSSR count). The van der Waals surface area contributed by atoms with E-state index in [1.807, 2.05) is 0 Å². The summed E-state index contributed by atoms with van der Waals surface area (Å²) in [5, 5.41) is 9.66. The summed E-state index contributed by atoms with van der Waals surface area (Å²) in [7, 11) is 1.24. The van der Waals surface area contributed by atoms with Crippen molar-refractivity contribution in [3.05, 3.63) is 35.1 Å². The maximum absolute atomic E-state index is 13.1. The van der Waals surface area contributed by atoms with Crippen LogP contribution >= 0.6 is 0 Å². The maximum atomic E-state index is 13.1. The van der Waals surface area contributed by atoms with E-state index in [0.29, 0.717) is 11.1 Å². The van der Waals surface area contributed by atoms with Gasteiger partial charge in [0.1, 0.15) is 5.82 Å². The second-order valence-corrected chi connectivity index (χ2v) is 3.25. The summed E-state index contributed by atoms with van der Waals surface area (Å²) in [5.74, 6) is -0.914. The zero-order chi connectivity index (χ0) is 11.4. The molecule has 0 radical (unpaired) electrons. The highest BCUT2D eigenvalue weighted by atomic mass is 19.1. The number of halogens is 1. The Morgan fingerprint density at radius 1 is 1.60 bits per heavy atom. The van der Waals surface area contributed by atoms with Crippen molar-refractivity contribution in [1.29, 1.82) is 0 Å². The predicted octanol–water partition coefficient (Wildman–Crippen LogP) is 1.73. The number of rotatable bonds is 3. The summed E-state index contributed by atoms with van der Waals surface area (Å²) in [6.07, 6.45) is -1.19. The summed E-state index contributed by atoms with van der Waals surface area (Å²) in [5.41, 5.74) is 0.773. The van der Waals surface area contributed by atoms with Gasteiger partial charge in [0.05, 0.1) is 19.6 Å². The molecule has 15 heavy (non-hydrogen) atoms. The van der Waals surface area contributed by atoms with Crippen LogP contribution in [0, 0.1) is 12.7 Å². The lowest BCUT2D eigenvalue weighted by molar-refractivity contribution is -0.142. The van der Waals surface area contributed by atoms with Gasteiger partial charge in [-0.1, -0.05) is 12.1 Å². The topological polar surface area (TPSA) is 46.5 Å². The number of benzene rings is 1. The average Bonchev–Trinajstić information content (AvgIpc) is 2.21. The number of carbonyl (C=O) groups excluding carboxylic acids is 1. The minimum atomic E-state index is -1.02. The van der Waals surface area contributed by atoms with Crippen LogP contribution in [0.4, 0.5) is 4.39 Å². The third-order valence-electron chi connectivity index (χ3n) is 2.26. The summed E-state index contributed by atoms with van der Waals surface area (Å²) in [4.78, 5) is 10.9. The van der Waals surface area contributed by atoms with Gasteiger partial charge in [-0.25, -0.2) is 4.39 Å². The molecule has 0 spiro atoms. The van der Waals surface area contributed by atoms with E-state index in [9.17, 15) is 14.3 Å². The minimum absolute atomic E-state index is 0.166. The Kier molecular flexibility index (Phi) is 3.80. The van der Waals surface area contributed by atoms with E-state index in [-0.39, 0.29) is 6.42 Å². The number of aliphatic hydroxyl groups excluding tert-OH is 1. The van der Waals surface area contributed by atoms with Crippen molar-refractivity contribution >= 4 is 5.97 Å². The Morgan fingerprint density at radius 3 is 2.87 bits per heavy atom. The number of carbonyl (C=O) groups is 1. The third kappa shape index (κ3) is 2.76. The highest BCUT2D eigenvalue weighted by molar-refractivity contribution is 5.70. The Labute approximate surface area is 87.5 Å². The monoisotopic (exact) mass is 212 g/mol. The van der Waals surface area contributed by atoms with Crippen molar-refractivity contribution in [1.82, 2.24) is 0 Å². The Bertz CT molecular complexity index is 363. The van der Waals surface area contributed by atoms with E-state index in [1.165, 1.54) is 19.2 Å². The molecule has 1 unspecified atom stereocenters. The van der Waals surface area contributed by atoms with Gasteiger partial charge < -0.3 is 9.84 Å². The fraction of sp³-hybridized carbons (Fsp3) is 0.364. The van der Waals surface area contributed by atoms with Gasteiger partial charge in [0, 0.05) is 0 Å². The number of ether oxygens (including phenoxy) is 1. The lowest BCUT2D eigenvalue weighted by Gasteiger charge is -2.12. The molecule has 0 saturated heterocycles. The normalized spacial score (nSPS) is 12.3. The van der Waals surface area contributed by atoms with Crippen LogP contribution in [0.15, 0.2) is 18.2 Å². The van der Waals surface area contributed by atoms with Gasteiger partial charge in [-0.3, -0.25) is 4.79 Å². The van der Waals surface area contributed by atoms with E-state index in [1.54, 1.807) is 13.0 Å². The lowest BCUT2D eigenvalue weighted by atomic mass is 10.0. The van der Waals surface area contributed by atoms with Crippen molar-refractivity contribution in [2.24, 2.45) is 0 Å². The van der Waals surface area contributed by atoms with E-state index in [2.05, 4.69) is 4.74 Å². The van der Waals surface area contributed by atoms with Crippen LogP contribution < -0.4 is 0 Å². The van der Waals surface area contributed by atoms with Gasteiger partial charge in [0.25, 0.3) is 0 Å². The number of hydrogen-bond acceptors (Lipinski definition) is 3. The molecule has 4 heteroatoms. The molecule has 1 atom stereocenters. The predicted molar refractivity (Wildman–Crippen MR) is 52.7 cm³/mol. The second kappa shape index (κ2) is 4.89. The van der Waals surface area contributed by atoms with Crippen LogP contribution in [0.1, 0.15) is 23.7 Å². The fourth-order valence-corrected chi connectivity index (χ4v) is 1.34. The lowest BCUT2D eigenvalue weighted by Crippen LogP contribution is -2.09. The average molecular weight is 212 g/mol. The van der Waals surface area contributed by atoms with Gasteiger partial charge in [0.15, 0.2) is 0 Å². The first-order valence-electron chi connectivity index (χ1n) is 4.56. The zero-order valence-electron chi connectivity index (χ0n) is 8.66. The molecular weight excluding hydrogens is 199 g/mol. The molecule has 0 fully saturated rings. The van der Waals surface area contributed by atoms with Crippen molar-refractivity contribution in [3.63, 3.8) is 0 Å². The van der Waals surface area contributed by atoms with Crippen molar-refractivity contribution in [3.8, 4) is 0 Å². The summed E-state index contributed by atoms with van der Waals surface area (Å²) < 4.78 is 17.6. The molecule has 82 valence electrons. The number of aliphatic hydroxyl groups is 1. The molecular formula is C11H13FO3. The quantitative estimate of drug-likeness (QED) is 0.776. The molecule has 1 N–H and O–H groups in total. The van der Waals surface area contributed by atoms with Gasteiger partial charge >= 0.3 is 5.97 Å². The van der Waals surface area contributed by atoms with Crippen molar-refractivity contribution in [2.75, 3.05) is 7.11 Å². The van der Waals surface area contributed by atoms with Crippen LogP contribution in [-0.2, 0) is 9.53 Å². The zero-order valence-corrected chi connectivity index (χ0v) is 8.66. The smallest absolute Gasteiger partial charge is 0.308 e. The standard InChI is InChI=1S/C11H13FO3/c1-7-8(4-3-5-9(7)12)10(13)6-11(14)15-2/h3-5,10,13H,6H2,1-2H3. The largest absolute Gasteiger partial charge is 0.469 e. The van der Waals surface area contributed by atoms with E-state index < -0.39 is 17.9 Å². The molecule has 0 amide bonds. The Morgan fingerprint density at radius 2 is 2.27 bits per heavy atom. The number of esters is 1. The van der Waals surface area contributed by atoms with Gasteiger partial charge in [-0.2, -0.15) is 0 Å². The summed E-state index contributed by atoms with van der Waals surface area (Å²) >= 11 is 0. The summed E-state index contributed by atoms with van der Waals surface area (Å²) in [6, 6.07) is 4.40. The second-order valence-electron chi connectivity index (χ2n) is 3.25. The first-order chi connectivity index (χ1) is 7.06. The first kappa shape index (κ1) is 11.7. The molecule has 3 nitrogen and oxygen atoms in total. The molecule has 1 aromatic carbocycles. The highest BCUT2D eigenvalue weighted by Gasteiger charge is 2.16. The number of methoxy groups -OCH3 is 1. The van der Waals surface area contributed by atoms with Crippen LogP contribution in [0.2, 0.25) is 0 Å². The Balaban J connectivity index is 2.86. The number of hydrogen-bond donors (Lipinski definition) is 1. The van der Waals surface area contributed by atoms with Gasteiger partial charge in [-0.15, -0.1) is 0 Å². The molecule has 0 heterocycles. The fourth-order valence-electron chi connectivity index (χ4n) is 1.34. The van der Waals surface area contributed by atoms with E-state index >= 15 is 0 Å². The van der Waals surface area contributed by atoms with E-state index in [4.69, 9.17) is 0 Å². The molecule has 0 aliphatic carbocycles. The third-order valence-corrected chi connectivity index (χ3v) is 2.26. The first-order valence-corrected chi connectivity index (χ1v) is 4.56. The molecule has 0 bridgehead atoms. The highest BCUT2D eigenvalue weighted by Crippen LogP contribution is 2.22. The minimum Gasteiger partial charge on any atom is -0.469 e. The van der Waals surface area contributed by atoms with Crippen LogP contribution in [0.5, 0.6) is 0 Å². The van der Waals surface area contributed by atoms with E-state index in [0.717, 1.165) is 0 Å². The molecule has 1 aromatic rings. The van der Waals surface area contributed by atoms with Crippen LogP contribution in [0.3, 0.4) is 0 Å².